The van der Waals surface area contributed by atoms with Crippen molar-refractivity contribution < 1.29 is 127 Å². The fourth-order valence-electron chi connectivity index (χ4n) is 0.102. The zero-order valence-corrected chi connectivity index (χ0v) is 13.6. The summed E-state index contributed by atoms with van der Waals surface area (Å²) in [5, 5.41) is 0. The summed E-state index contributed by atoms with van der Waals surface area (Å²) in [5.74, 6) is 0. The zero-order chi connectivity index (χ0) is 7.71. The molecule has 0 rings (SSSR count). The molecule has 0 saturated carbocycles. The molecule has 1 radical (unpaired) electrons. The monoisotopic (exact) mass is 352 g/mol. The van der Waals surface area contributed by atoms with Crippen molar-refractivity contribution in [3.63, 3.8) is 0 Å². The van der Waals surface area contributed by atoms with Crippen molar-refractivity contribution in [3.05, 3.63) is 0 Å². The van der Waals surface area contributed by atoms with Crippen LogP contribution in [0.1, 0.15) is 0 Å². The largest absolute Gasteiger partial charge is 2.00 e. The van der Waals surface area contributed by atoms with Crippen LogP contribution in [0.15, 0.2) is 0 Å². The van der Waals surface area contributed by atoms with Crippen LogP contribution in [0.2, 0.25) is 0 Å². The second-order valence-corrected chi connectivity index (χ2v) is 3.06. The molecule has 0 amide bonds. The van der Waals surface area contributed by atoms with E-state index in [2.05, 4.69) is 3.63 Å². The number of hydrogen-bond acceptors (Lipinski definition) is 7. The van der Waals surface area contributed by atoms with Gasteiger partial charge in [-0.2, -0.15) is 3.63 Å². The third kappa shape index (κ3) is 56.9. The summed E-state index contributed by atoms with van der Waals surface area (Å²) in [6.45, 7) is 0. The number of hydrogen-bond donors (Lipinski definition) is 0. The molecule has 0 fully saturated rings. The maximum atomic E-state index is 9.29. The molecule has 16 heteroatoms. The summed E-state index contributed by atoms with van der Waals surface area (Å²) >= 11 is 0. The Morgan fingerprint density at radius 2 is 0.875 bits per heavy atom. The van der Waals surface area contributed by atoms with E-state index in [4.69, 9.17) is 0 Å². The molecule has 101 valence electrons. The van der Waals surface area contributed by atoms with Gasteiger partial charge in [0.15, 0.2) is 0 Å². The van der Waals surface area contributed by atoms with E-state index < -0.39 is 20.8 Å². The molecule has 0 atom stereocenters. The molecule has 0 aliphatic heterocycles. The first-order valence-electron chi connectivity index (χ1n) is 1.33. The Balaban J connectivity index is -0.0000000152. The van der Waals surface area contributed by atoms with E-state index in [-0.39, 0.29) is 97.3 Å². The Labute approximate surface area is 145 Å². The van der Waals surface area contributed by atoms with Crippen molar-refractivity contribution in [2.45, 2.75) is 0 Å². The predicted octanol–water partition coefficient (Wildman–Crippen LogP) is -7.79. The van der Waals surface area contributed by atoms with Gasteiger partial charge in [0, 0.05) is 18.6 Å². The third-order valence-corrected chi connectivity index (χ3v) is 1.50. The first-order chi connectivity index (χ1) is 3.71. The molecule has 6 N–H and O–H groups in total. The van der Waals surface area contributed by atoms with Gasteiger partial charge in [0.1, 0.15) is 0 Å². The van der Waals surface area contributed by atoms with Gasteiger partial charge in [-0.25, -0.2) is 16.8 Å². The smallest absolute Gasteiger partial charge is 1.00 e. The molecule has 0 aromatic carbocycles. The minimum Gasteiger partial charge on any atom is -2.00 e. The van der Waals surface area contributed by atoms with Crippen LogP contribution >= 0.6 is 0 Å². The Morgan fingerprint density at radius 1 is 0.750 bits per heavy atom. The second kappa shape index (κ2) is 19.1. The minimum atomic E-state index is -5.43. The van der Waals surface area contributed by atoms with E-state index in [0.29, 0.717) is 0 Å². The van der Waals surface area contributed by atoms with Gasteiger partial charge in [0.25, 0.3) is 0 Å². The van der Waals surface area contributed by atoms with Gasteiger partial charge in [-0.3, -0.25) is 0 Å². The second-order valence-electron chi connectivity index (χ2n) is 0.885. The quantitative estimate of drug-likeness (QED) is 0.262. The molecule has 0 saturated heterocycles. The SMILES string of the molecule is O.O.O.O=S(=O)([O-])OS(=O)(=O)[O-].[K+].[O-2].[O-2].[V]. The summed E-state index contributed by atoms with van der Waals surface area (Å²) in [4.78, 5) is 0. The van der Waals surface area contributed by atoms with E-state index >= 15 is 0 Å². The Bertz CT molecular complexity index is 244. The van der Waals surface area contributed by atoms with E-state index in [9.17, 15) is 25.9 Å². The van der Waals surface area contributed by atoms with E-state index in [1.54, 1.807) is 0 Å². The molecule has 12 nitrogen and oxygen atoms in total. The molecule has 0 spiro atoms. The normalized spacial score (nSPS) is 7.62. The summed E-state index contributed by atoms with van der Waals surface area (Å²) in [6, 6.07) is 0. The molecular formula is H6KO12S2V-5. The first kappa shape index (κ1) is 52.3. The van der Waals surface area contributed by atoms with Gasteiger partial charge in [-0.05, 0) is 0 Å². The molecule has 0 heterocycles. The molecule has 0 aromatic heterocycles. The number of rotatable bonds is 2. The van der Waals surface area contributed by atoms with Gasteiger partial charge < -0.3 is 36.5 Å². The van der Waals surface area contributed by atoms with Gasteiger partial charge in [-0.15, -0.1) is 0 Å². The van der Waals surface area contributed by atoms with Crippen molar-refractivity contribution >= 4 is 20.8 Å². The summed E-state index contributed by atoms with van der Waals surface area (Å²) in [5.41, 5.74) is 0. The van der Waals surface area contributed by atoms with E-state index in [1.807, 2.05) is 0 Å². The van der Waals surface area contributed by atoms with Crippen LogP contribution in [0.5, 0.6) is 0 Å². The van der Waals surface area contributed by atoms with Crippen LogP contribution in [0, 0.1) is 0 Å². The van der Waals surface area contributed by atoms with Crippen molar-refractivity contribution in [1.29, 1.82) is 0 Å². The van der Waals surface area contributed by atoms with Crippen molar-refractivity contribution in [2.24, 2.45) is 0 Å². The van der Waals surface area contributed by atoms with Crippen LogP contribution in [-0.2, 0) is 53.9 Å². The van der Waals surface area contributed by atoms with Gasteiger partial charge in [-0.1, -0.05) is 0 Å². The Morgan fingerprint density at radius 3 is 0.875 bits per heavy atom. The standard InChI is InChI=1S/K.H2O7S2.3H2O.2O.V/c;1-8(2,3)7-9(4,5)6;;;;;;/h;(H,1,2,3)(H,4,5,6);3*1H2;;;/q+1;;;;;2*-2;/p-2. The average Bonchev–Trinajstić information content (AvgIpc) is 1.14. The Hall–Kier alpha value is 1.80. The van der Waals surface area contributed by atoms with E-state index in [1.165, 1.54) is 0 Å². The van der Waals surface area contributed by atoms with E-state index in [0.717, 1.165) is 0 Å². The van der Waals surface area contributed by atoms with Crippen molar-refractivity contribution in [2.75, 3.05) is 0 Å². The molecule has 0 aromatic rings. The topological polar surface area (TPSA) is 275 Å². The fraction of sp³-hybridized carbons (Fsp3) is 0. The molecule has 16 heavy (non-hydrogen) atoms. The zero-order valence-electron chi connectivity index (χ0n) is 7.44. The van der Waals surface area contributed by atoms with Crippen molar-refractivity contribution in [1.82, 2.24) is 0 Å². The third-order valence-electron chi connectivity index (χ3n) is 0.167. The van der Waals surface area contributed by atoms with Crippen molar-refractivity contribution in [3.8, 4) is 0 Å². The summed E-state index contributed by atoms with van der Waals surface area (Å²) in [7, 11) is -10.9. The molecule has 0 bridgehead atoms. The first-order valence-corrected chi connectivity index (χ1v) is 4.00. The fourth-order valence-corrected chi connectivity index (χ4v) is 0.919. The Kier molecular flexibility index (Phi) is 62.6. The predicted molar refractivity (Wildman–Crippen MR) is 32.7 cm³/mol. The summed E-state index contributed by atoms with van der Waals surface area (Å²) < 4.78 is 58.2. The molecule has 0 aliphatic carbocycles. The summed E-state index contributed by atoms with van der Waals surface area (Å²) in [6.07, 6.45) is 0. The molecular weight excluding hydrogens is 346 g/mol. The van der Waals surface area contributed by atoms with Crippen LogP contribution < -0.4 is 51.4 Å². The van der Waals surface area contributed by atoms with Gasteiger partial charge in [0.05, 0.1) is 0 Å². The van der Waals surface area contributed by atoms with Gasteiger partial charge in [0.2, 0.25) is 20.8 Å². The maximum absolute atomic E-state index is 9.29. The molecule has 0 unspecified atom stereocenters. The van der Waals surface area contributed by atoms with Gasteiger partial charge >= 0.3 is 51.4 Å². The molecule has 0 aliphatic rings. The van der Waals surface area contributed by atoms with Crippen LogP contribution in [0.3, 0.4) is 0 Å². The van der Waals surface area contributed by atoms with Crippen LogP contribution in [0.25, 0.3) is 0 Å². The van der Waals surface area contributed by atoms with Crippen LogP contribution in [0.4, 0.5) is 0 Å². The van der Waals surface area contributed by atoms with Crippen LogP contribution in [-0.4, -0.2) is 42.4 Å². The minimum absolute atomic E-state index is 0. The maximum Gasteiger partial charge on any atom is 1.00 e. The average molecular weight is 352 g/mol.